The molecule has 2 amide bonds. The highest BCUT2D eigenvalue weighted by Crippen LogP contribution is 2.22. The highest BCUT2D eigenvalue weighted by Gasteiger charge is 2.07. The lowest BCUT2D eigenvalue weighted by Crippen LogP contribution is -2.34. The summed E-state index contributed by atoms with van der Waals surface area (Å²) in [7, 11) is 1.30. The molecule has 0 saturated heterocycles. The zero-order chi connectivity index (χ0) is 15.1. The van der Waals surface area contributed by atoms with Crippen LogP contribution in [0.25, 0.3) is 11.1 Å². The van der Waals surface area contributed by atoms with E-state index in [1.165, 1.54) is 7.11 Å². The second kappa shape index (κ2) is 7.44. The Morgan fingerprint density at radius 3 is 2.67 bits per heavy atom. The predicted octanol–water partition coefficient (Wildman–Crippen LogP) is 2.50. The molecule has 0 bridgehead atoms. The van der Waals surface area contributed by atoms with Gasteiger partial charge in [-0.15, -0.1) is 0 Å². The summed E-state index contributed by atoms with van der Waals surface area (Å²) in [5, 5.41) is 9.28. The largest absolute Gasteiger partial charge is 0.453 e. The molecule has 0 aliphatic heterocycles. The summed E-state index contributed by atoms with van der Waals surface area (Å²) in [6.45, 7) is 0.666. The molecule has 2 aromatic rings. The van der Waals surface area contributed by atoms with Crippen LogP contribution in [-0.4, -0.2) is 32.2 Å². The molecule has 110 valence electrons. The van der Waals surface area contributed by atoms with Crippen LogP contribution in [0.5, 0.6) is 0 Å². The van der Waals surface area contributed by atoms with Gasteiger partial charge in [-0.3, -0.25) is 4.79 Å². The number of nitrogens with one attached hydrogen (secondary N) is 2. The van der Waals surface area contributed by atoms with Crippen LogP contribution in [0.4, 0.5) is 4.79 Å². The standard InChI is InChI=1S/C15H16N2O3S/c1-20-15(19)17-7-6-16-14(18)12-4-2-3-11(9-12)13-5-8-21-10-13/h2-5,8-10H,6-7H2,1H3,(H,16,18)(H,17,19). The van der Waals surface area contributed by atoms with Crippen molar-refractivity contribution in [3.05, 3.63) is 46.7 Å². The third-order valence-electron chi connectivity index (χ3n) is 2.84. The Bertz CT molecular complexity index is 611. The van der Waals surface area contributed by atoms with E-state index in [1.54, 1.807) is 17.4 Å². The Morgan fingerprint density at radius 2 is 1.95 bits per heavy atom. The van der Waals surface area contributed by atoms with Crippen molar-refractivity contribution < 1.29 is 14.3 Å². The number of benzene rings is 1. The van der Waals surface area contributed by atoms with Crippen LogP contribution < -0.4 is 10.6 Å². The summed E-state index contributed by atoms with van der Waals surface area (Å²) in [4.78, 5) is 22.9. The lowest BCUT2D eigenvalue weighted by atomic mass is 10.1. The quantitative estimate of drug-likeness (QED) is 0.834. The fourth-order valence-corrected chi connectivity index (χ4v) is 2.45. The van der Waals surface area contributed by atoms with E-state index in [0.29, 0.717) is 18.7 Å². The van der Waals surface area contributed by atoms with E-state index < -0.39 is 6.09 Å². The monoisotopic (exact) mass is 304 g/mol. The number of hydrogen-bond donors (Lipinski definition) is 2. The van der Waals surface area contributed by atoms with Crippen molar-refractivity contribution >= 4 is 23.3 Å². The van der Waals surface area contributed by atoms with Gasteiger partial charge in [0, 0.05) is 18.7 Å². The fraction of sp³-hybridized carbons (Fsp3) is 0.200. The molecule has 0 radical (unpaired) electrons. The number of amides is 2. The molecule has 0 fully saturated rings. The number of rotatable bonds is 5. The van der Waals surface area contributed by atoms with Gasteiger partial charge in [-0.05, 0) is 40.1 Å². The second-order valence-electron chi connectivity index (χ2n) is 4.27. The predicted molar refractivity (Wildman–Crippen MR) is 82.5 cm³/mol. The van der Waals surface area contributed by atoms with Crippen LogP contribution in [-0.2, 0) is 4.74 Å². The van der Waals surface area contributed by atoms with Crippen LogP contribution in [0.15, 0.2) is 41.1 Å². The van der Waals surface area contributed by atoms with E-state index in [4.69, 9.17) is 0 Å². The van der Waals surface area contributed by atoms with Gasteiger partial charge in [0.25, 0.3) is 5.91 Å². The van der Waals surface area contributed by atoms with Gasteiger partial charge in [0.05, 0.1) is 7.11 Å². The SMILES string of the molecule is COC(=O)NCCNC(=O)c1cccc(-c2ccsc2)c1. The van der Waals surface area contributed by atoms with Crippen LogP contribution in [0.2, 0.25) is 0 Å². The first-order valence-electron chi connectivity index (χ1n) is 6.43. The van der Waals surface area contributed by atoms with Gasteiger partial charge in [0.2, 0.25) is 0 Å². The van der Waals surface area contributed by atoms with Crippen molar-refractivity contribution in [3.63, 3.8) is 0 Å². The molecule has 0 atom stereocenters. The van der Waals surface area contributed by atoms with Gasteiger partial charge >= 0.3 is 6.09 Å². The van der Waals surface area contributed by atoms with Crippen molar-refractivity contribution in [2.24, 2.45) is 0 Å². The van der Waals surface area contributed by atoms with Gasteiger partial charge in [-0.25, -0.2) is 4.79 Å². The third kappa shape index (κ3) is 4.32. The minimum absolute atomic E-state index is 0.168. The molecular weight excluding hydrogens is 288 g/mol. The van der Waals surface area contributed by atoms with E-state index >= 15 is 0 Å². The summed E-state index contributed by atoms with van der Waals surface area (Å²) >= 11 is 1.62. The molecule has 0 aliphatic rings. The zero-order valence-corrected chi connectivity index (χ0v) is 12.4. The normalized spacial score (nSPS) is 9.95. The van der Waals surface area contributed by atoms with Crippen LogP contribution in [0, 0.1) is 0 Å². The van der Waals surface area contributed by atoms with E-state index in [9.17, 15) is 9.59 Å². The Hall–Kier alpha value is -2.34. The van der Waals surface area contributed by atoms with Crippen LogP contribution in [0.3, 0.4) is 0 Å². The summed E-state index contributed by atoms with van der Waals surface area (Å²) in [5.74, 6) is -0.168. The Morgan fingerprint density at radius 1 is 1.14 bits per heavy atom. The number of carbonyl (C=O) groups excluding carboxylic acids is 2. The smallest absolute Gasteiger partial charge is 0.406 e. The maximum atomic E-state index is 12.0. The summed E-state index contributed by atoms with van der Waals surface area (Å²) in [6, 6.07) is 9.46. The van der Waals surface area contributed by atoms with E-state index in [0.717, 1.165) is 11.1 Å². The molecule has 1 aromatic carbocycles. The average Bonchev–Trinajstić information content (AvgIpc) is 3.05. The van der Waals surface area contributed by atoms with Crippen molar-refractivity contribution in [1.82, 2.24) is 10.6 Å². The van der Waals surface area contributed by atoms with Gasteiger partial charge in [0.1, 0.15) is 0 Å². The van der Waals surface area contributed by atoms with E-state index in [1.807, 2.05) is 35.0 Å². The lowest BCUT2D eigenvalue weighted by Gasteiger charge is -2.07. The van der Waals surface area contributed by atoms with Crippen molar-refractivity contribution in [1.29, 1.82) is 0 Å². The fourth-order valence-electron chi connectivity index (χ4n) is 1.78. The molecule has 21 heavy (non-hydrogen) atoms. The zero-order valence-electron chi connectivity index (χ0n) is 11.6. The van der Waals surface area contributed by atoms with Crippen LogP contribution >= 0.6 is 11.3 Å². The molecule has 6 heteroatoms. The van der Waals surface area contributed by atoms with Gasteiger partial charge in [0.15, 0.2) is 0 Å². The van der Waals surface area contributed by atoms with Gasteiger partial charge in [-0.2, -0.15) is 11.3 Å². The highest BCUT2D eigenvalue weighted by molar-refractivity contribution is 7.08. The number of carbonyl (C=O) groups is 2. The minimum Gasteiger partial charge on any atom is -0.453 e. The molecule has 0 spiro atoms. The molecule has 2 N–H and O–H groups in total. The number of ether oxygens (including phenoxy) is 1. The molecule has 1 aromatic heterocycles. The van der Waals surface area contributed by atoms with Crippen molar-refractivity contribution in [3.8, 4) is 11.1 Å². The van der Waals surface area contributed by atoms with E-state index in [-0.39, 0.29) is 5.91 Å². The Balaban J connectivity index is 1.91. The Kier molecular flexibility index (Phi) is 5.34. The summed E-state index contributed by atoms with van der Waals surface area (Å²) in [5.41, 5.74) is 2.70. The first-order chi connectivity index (χ1) is 10.2. The lowest BCUT2D eigenvalue weighted by molar-refractivity contribution is 0.0953. The topological polar surface area (TPSA) is 67.4 Å². The number of thiophene rings is 1. The number of hydrogen-bond acceptors (Lipinski definition) is 4. The second-order valence-corrected chi connectivity index (χ2v) is 5.05. The first-order valence-corrected chi connectivity index (χ1v) is 7.37. The molecule has 5 nitrogen and oxygen atoms in total. The van der Waals surface area contributed by atoms with Gasteiger partial charge < -0.3 is 15.4 Å². The highest BCUT2D eigenvalue weighted by atomic mass is 32.1. The maximum absolute atomic E-state index is 12.0. The summed E-state index contributed by atoms with van der Waals surface area (Å²) in [6.07, 6.45) is -0.510. The Labute approximate surface area is 126 Å². The first kappa shape index (κ1) is 15.1. The van der Waals surface area contributed by atoms with Gasteiger partial charge in [-0.1, -0.05) is 12.1 Å². The molecule has 0 aliphatic carbocycles. The maximum Gasteiger partial charge on any atom is 0.406 e. The molecular formula is C15H16N2O3S. The van der Waals surface area contributed by atoms with Crippen LogP contribution in [0.1, 0.15) is 10.4 Å². The number of methoxy groups -OCH3 is 1. The number of alkyl carbamates (subject to hydrolysis) is 1. The van der Waals surface area contributed by atoms with E-state index in [2.05, 4.69) is 15.4 Å². The average molecular weight is 304 g/mol. The molecule has 0 unspecified atom stereocenters. The molecule has 1 heterocycles. The molecule has 2 rings (SSSR count). The summed E-state index contributed by atoms with van der Waals surface area (Å²) < 4.78 is 4.44. The third-order valence-corrected chi connectivity index (χ3v) is 3.53. The molecule has 0 saturated carbocycles. The minimum atomic E-state index is -0.510. The van der Waals surface area contributed by atoms with Crippen molar-refractivity contribution in [2.45, 2.75) is 0 Å². The van der Waals surface area contributed by atoms with Crippen molar-refractivity contribution in [2.75, 3.05) is 20.2 Å².